The average Bonchev–Trinajstić information content (AvgIpc) is 3.64. The largest absolute Gasteiger partial charge is 0.483 e. The van der Waals surface area contributed by atoms with Crippen LogP contribution in [0.15, 0.2) is 53.1 Å². The van der Waals surface area contributed by atoms with Gasteiger partial charge >= 0.3 is 6.01 Å². The van der Waals surface area contributed by atoms with Gasteiger partial charge in [0.25, 0.3) is 6.47 Å². The minimum atomic E-state index is -0.250. The number of benzene rings is 2. The number of hydrogen-bond donors (Lipinski definition) is 3. The van der Waals surface area contributed by atoms with Crippen molar-refractivity contribution in [3.63, 3.8) is 0 Å². The Kier molecular flexibility index (Phi) is 10.4. The molecule has 1 atom stereocenters. The van der Waals surface area contributed by atoms with Crippen molar-refractivity contribution in [2.24, 2.45) is 11.8 Å². The standard InChI is InChI=1S/C29H36N6O3.CH2O2/c1-20-6-8-22(9-7-20)18-34-13-10-23(19-34)17-30-28(37)24-11-14-35(15-12-24)29-32-27(33-38-29)25-4-3-5-26(16-25)31-21(2)36;2-1-3/h3-9,16,23-24H,10-15,17-19H2,1-2H3,(H,30,37)(H,31,36);1H,(H,2,3). The number of piperidine rings is 1. The Morgan fingerprint density at radius 1 is 1.10 bits per heavy atom. The Labute approximate surface area is 239 Å². The van der Waals surface area contributed by atoms with Gasteiger partial charge in [-0.15, -0.1) is 0 Å². The zero-order valence-corrected chi connectivity index (χ0v) is 23.6. The lowest BCUT2D eigenvalue weighted by molar-refractivity contribution is -0.126. The molecule has 2 saturated heterocycles. The second-order valence-corrected chi connectivity index (χ2v) is 10.6. The van der Waals surface area contributed by atoms with Crippen molar-refractivity contribution in [1.82, 2.24) is 20.4 Å². The Morgan fingerprint density at radius 3 is 2.54 bits per heavy atom. The maximum Gasteiger partial charge on any atom is 0.324 e. The van der Waals surface area contributed by atoms with Gasteiger partial charge in [-0.2, -0.15) is 4.98 Å². The van der Waals surface area contributed by atoms with Crippen LogP contribution >= 0.6 is 0 Å². The normalized spacial score (nSPS) is 17.4. The molecular weight excluding hydrogens is 524 g/mol. The molecule has 0 aliphatic carbocycles. The lowest BCUT2D eigenvalue weighted by atomic mass is 9.96. The fraction of sp³-hybridized carbons (Fsp3) is 0.433. The van der Waals surface area contributed by atoms with E-state index in [0.29, 0.717) is 36.5 Å². The van der Waals surface area contributed by atoms with Crippen LogP contribution in [0.5, 0.6) is 0 Å². The summed E-state index contributed by atoms with van der Waals surface area (Å²) >= 11 is 0. The average molecular weight is 563 g/mol. The van der Waals surface area contributed by atoms with Crippen LogP contribution in [0.3, 0.4) is 0 Å². The van der Waals surface area contributed by atoms with E-state index < -0.39 is 0 Å². The lowest BCUT2D eigenvalue weighted by Gasteiger charge is -2.30. The van der Waals surface area contributed by atoms with Gasteiger partial charge in [-0.3, -0.25) is 19.3 Å². The third-order valence-corrected chi connectivity index (χ3v) is 7.45. The SMILES string of the molecule is CC(=O)Nc1cccc(-c2noc(N3CCC(C(=O)NCC4CCN(Cc5ccc(C)cc5)C4)CC3)n2)c1.O=CO. The molecule has 5 rings (SSSR count). The van der Waals surface area contributed by atoms with Gasteiger partial charge in [0, 0.05) is 56.8 Å². The number of carboxylic acid groups (broad SMARTS) is 1. The van der Waals surface area contributed by atoms with E-state index in [0.717, 1.165) is 51.0 Å². The summed E-state index contributed by atoms with van der Waals surface area (Å²) in [6, 6.07) is 16.6. The quantitative estimate of drug-likeness (QED) is 0.352. The number of aromatic nitrogens is 2. The summed E-state index contributed by atoms with van der Waals surface area (Å²) in [4.78, 5) is 41.7. The molecule has 2 aromatic carbocycles. The van der Waals surface area contributed by atoms with Crippen molar-refractivity contribution >= 4 is 30.0 Å². The van der Waals surface area contributed by atoms with Gasteiger partial charge in [-0.05, 0) is 56.3 Å². The van der Waals surface area contributed by atoms with Crippen LogP contribution in [0.25, 0.3) is 11.4 Å². The van der Waals surface area contributed by atoms with E-state index in [9.17, 15) is 9.59 Å². The number of hydrogen-bond acceptors (Lipinski definition) is 8. The first kappa shape index (κ1) is 29.7. The molecule has 0 spiro atoms. The summed E-state index contributed by atoms with van der Waals surface area (Å²) in [5, 5.41) is 17.0. The van der Waals surface area contributed by atoms with Crippen LogP contribution in [0, 0.1) is 18.8 Å². The fourth-order valence-electron chi connectivity index (χ4n) is 5.30. The molecule has 1 unspecified atom stereocenters. The second kappa shape index (κ2) is 14.4. The van der Waals surface area contributed by atoms with Gasteiger partial charge in [0.2, 0.25) is 17.6 Å². The molecular formula is C30H38N6O5. The van der Waals surface area contributed by atoms with Crippen LogP contribution in [-0.2, 0) is 20.9 Å². The molecule has 0 radical (unpaired) electrons. The number of nitrogens with one attached hydrogen (secondary N) is 2. The highest BCUT2D eigenvalue weighted by Crippen LogP contribution is 2.26. The molecule has 11 heteroatoms. The first-order chi connectivity index (χ1) is 19.8. The van der Waals surface area contributed by atoms with Crippen LogP contribution in [-0.4, -0.2) is 71.2 Å². The predicted molar refractivity (Wildman–Crippen MR) is 155 cm³/mol. The minimum absolute atomic E-state index is 0.00745. The molecule has 11 nitrogen and oxygen atoms in total. The Balaban J connectivity index is 0.00000124. The highest BCUT2D eigenvalue weighted by Gasteiger charge is 2.29. The zero-order valence-electron chi connectivity index (χ0n) is 23.6. The van der Waals surface area contributed by atoms with E-state index in [2.05, 4.69) is 56.9 Å². The summed E-state index contributed by atoms with van der Waals surface area (Å²) < 4.78 is 5.52. The molecule has 41 heavy (non-hydrogen) atoms. The molecule has 1 aromatic heterocycles. The van der Waals surface area contributed by atoms with Crippen molar-refractivity contribution in [2.75, 3.05) is 42.9 Å². The molecule has 3 heterocycles. The monoisotopic (exact) mass is 562 g/mol. The van der Waals surface area contributed by atoms with Crippen LogP contribution in [0.4, 0.5) is 11.7 Å². The van der Waals surface area contributed by atoms with Crippen molar-refractivity contribution in [2.45, 2.75) is 39.7 Å². The van der Waals surface area contributed by atoms with E-state index in [1.165, 1.54) is 18.1 Å². The van der Waals surface area contributed by atoms with E-state index in [4.69, 9.17) is 14.4 Å². The summed E-state index contributed by atoms with van der Waals surface area (Å²) in [5.74, 6) is 1.01. The third kappa shape index (κ3) is 8.62. The number of aryl methyl sites for hydroxylation is 1. The third-order valence-electron chi connectivity index (χ3n) is 7.45. The number of rotatable bonds is 8. The zero-order chi connectivity index (χ0) is 29.2. The van der Waals surface area contributed by atoms with Crippen molar-refractivity contribution < 1.29 is 24.0 Å². The number of amides is 2. The van der Waals surface area contributed by atoms with Gasteiger partial charge in [0.15, 0.2) is 0 Å². The van der Waals surface area contributed by atoms with Gasteiger partial charge in [-0.25, -0.2) is 0 Å². The highest BCUT2D eigenvalue weighted by molar-refractivity contribution is 5.89. The van der Waals surface area contributed by atoms with E-state index >= 15 is 0 Å². The van der Waals surface area contributed by atoms with Gasteiger partial charge < -0.3 is 25.2 Å². The van der Waals surface area contributed by atoms with Crippen molar-refractivity contribution in [3.8, 4) is 11.4 Å². The molecule has 0 bridgehead atoms. The molecule has 0 saturated carbocycles. The summed E-state index contributed by atoms with van der Waals surface area (Å²) in [5.41, 5.74) is 4.09. The molecule has 218 valence electrons. The number of anilines is 2. The first-order valence-corrected chi connectivity index (χ1v) is 13.9. The molecule has 3 aromatic rings. The van der Waals surface area contributed by atoms with Crippen LogP contribution < -0.4 is 15.5 Å². The van der Waals surface area contributed by atoms with Crippen LogP contribution in [0.2, 0.25) is 0 Å². The maximum absolute atomic E-state index is 12.9. The Bertz CT molecular complexity index is 1300. The summed E-state index contributed by atoms with van der Waals surface area (Å²) in [7, 11) is 0. The molecule has 2 fully saturated rings. The molecule has 2 amide bonds. The van der Waals surface area contributed by atoms with E-state index in [-0.39, 0.29) is 24.2 Å². The van der Waals surface area contributed by atoms with E-state index in [1.807, 2.05) is 29.2 Å². The first-order valence-electron chi connectivity index (χ1n) is 13.9. The maximum atomic E-state index is 12.9. The minimum Gasteiger partial charge on any atom is -0.483 e. The lowest BCUT2D eigenvalue weighted by Crippen LogP contribution is -2.42. The van der Waals surface area contributed by atoms with Gasteiger partial charge in [0.05, 0.1) is 0 Å². The second-order valence-electron chi connectivity index (χ2n) is 10.6. The number of nitrogens with zero attached hydrogens (tertiary/aromatic N) is 4. The molecule has 2 aliphatic heterocycles. The van der Waals surface area contributed by atoms with Crippen molar-refractivity contribution in [3.05, 3.63) is 59.7 Å². The van der Waals surface area contributed by atoms with E-state index in [1.54, 1.807) is 0 Å². The summed E-state index contributed by atoms with van der Waals surface area (Å²) in [6.45, 7) is 8.55. The Hall–Kier alpha value is -4.25. The topological polar surface area (TPSA) is 141 Å². The summed E-state index contributed by atoms with van der Waals surface area (Å²) in [6.07, 6.45) is 2.63. The number of carbonyl (C=O) groups excluding carboxylic acids is 2. The van der Waals surface area contributed by atoms with Crippen LogP contribution in [0.1, 0.15) is 37.3 Å². The highest BCUT2D eigenvalue weighted by atomic mass is 16.5. The fourth-order valence-corrected chi connectivity index (χ4v) is 5.30. The number of likely N-dealkylation sites (tertiary alicyclic amines) is 1. The Morgan fingerprint density at radius 2 is 1.83 bits per heavy atom. The van der Waals surface area contributed by atoms with Gasteiger partial charge in [0.1, 0.15) is 0 Å². The predicted octanol–water partition coefficient (Wildman–Crippen LogP) is 3.56. The molecule has 2 aliphatic rings. The number of carbonyl (C=O) groups is 3. The van der Waals surface area contributed by atoms with Crippen molar-refractivity contribution in [1.29, 1.82) is 0 Å². The molecule has 3 N–H and O–H groups in total. The smallest absolute Gasteiger partial charge is 0.324 e. The van der Waals surface area contributed by atoms with Gasteiger partial charge in [-0.1, -0.05) is 47.1 Å².